The van der Waals surface area contributed by atoms with Gasteiger partial charge >= 0.3 is 0 Å². The van der Waals surface area contributed by atoms with Gasteiger partial charge in [0.1, 0.15) is 12.4 Å². The lowest BCUT2D eigenvalue weighted by atomic mass is 10.0. The van der Waals surface area contributed by atoms with Crippen molar-refractivity contribution in [2.45, 2.75) is 24.3 Å². The second-order valence-electron chi connectivity index (χ2n) is 7.84. The van der Waals surface area contributed by atoms with Crippen LogP contribution < -0.4 is 8.56 Å². The van der Waals surface area contributed by atoms with E-state index in [1.807, 2.05) is 42.5 Å². The summed E-state index contributed by atoms with van der Waals surface area (Å²) in [5.41, 5.74) is 3.79. The molecule has 0 aliphatic carbocycles. The van der Waals surface area contributed by atoms with Gasteiger partial charge in [0.05, 0.1) is 10.6 Å². The highest BCUT2D eigenvalue weighted by Crippen LogP contribution is 2.36. The molecule has 0 saturated carbocycles. The molecule has 8 heteroatoms. The second-order valence-corrected chi connectivity index (χ2v) is 11.0. The first-order valence-corrected chi connectivity index (χ1v) is 12.9. The molecular weight excluding hydrogens is 512 g/mol. The van der Waals surface area contributed by atoms with Gasteiger partial charge in [0.25, 0.3) is 10.0 Å². The van der Waals surface area contributed by atoms with Crippen molar-refractivity contribution in [1.29, 1.82) is 0 Å². The Morgan fingerprint density at radius 3 is 2.28 bits per heavy atom. The molecule has 3 aromatic rings. The maximum absolute atomic E-state index is 13.2. The number of nitrogens with zero attached hydrogens (tertiary/aromatic N) is 2. The lowest BCUT2D eigenvalue weighted by Crippen LogP contribution is -2.22. The van der Waals surface area contributed by atoms with Gasteiger partial charge in [-0.1, -0.05) is 30.3 Å². The van der Waals surface area contributed by atoms with E-state index in [0.29, 0.717) is 22.5 Å². The van der Waals surface area contributed by atoms with Crippen molar-refractivity contribution in [2.75, 3.05) is 24.0 Å². The third-order valence-corrected chi connectivity index (χ3v) is 8.41. The number of halogens is 2. The number of hydrogen-bond acceptors (Lipinski definition) is 4. The molecule has 168 valence electrons. The van der Waals surface area contributed by atoms with Crippen LogP contribution in [-0.4, -0.2) is 33.5 Å². The standard InChI is InChI=1S/C24H24BrClN2O3S/c1-27-13-11-19-15-23(25)24(16-20(19)12-14-27)28(26)32(29,30)22-9-7-21(8-10-22)31-17-18-5-3-2-4-6-18/h2-10,15-16H,11-14,17H2,1H3. The summed E-state index contributed by atoms with van der Waals surface area (Å²) in [7, 11) is -1.85. The highest BCUT2D eigenvalue weighted by Gasteiger charge is 2.27. The quantitative estimate of drug-likeness (QED) is 0.396. The fraction of sp³-hybridized carbons (Fsp3) is 0.250. The highest BCUT2D eigenvalue weighted by atomic mass is 79.9. The predicted molar refractivity (Wildman–Crippen MR) is 132 cm³/mol. The van der Waals surface area contributed by atoms with Gasteiger partial charge in [-0.15, -0.1) is 0 Å². The minimum atomic E-state index is -3.94. The van der Waals surface area contributed by atoms with Crippen LogP contribution in [0.5, 0.6) is 5.75 Å². The summed E-state index contributed by atoms with van der Waals surface area (Å²) in [6.45, 7) is 2.31. The Labute approximate surface area is 202 Å². The molecule has 0 spiro atoms. The zero-order valence-electron chi connectivity index (χ0n) is 17.7. The molecule has 0 amide bonds. The van der Waals surface area contributed by atoms with Crippen molar-refractivity contribution >= 4 is 43.4 Å². The molecule has 0 N–H and O–H groups in total. The SMILES string of the molecule is CN1CCc2cc(Br)c(N(Cl)S(=O)(=O)c3ccc(OCc4ccccc4)cc3)cc2CC1. The topological polar surface area (TPSA) is 49.9 Å². The Morgan fingerprint density at radius 1 is 1.00 bits per heavy atom. The molecule has 1 heterocycles. The predicted octanol–water partition coefficient (Wildman–Crippen LogP) is 5.41. The Balaban J connectivity index is 1.53. The summed E-state index contributed by atoms with van der Waals surface area (Å²) in [5.74, 6) is 0.587. The van der Waals surface area contributed by atoms with E-state index < -0.39 is 10.0 Å². The Hall–Kier alpha value is -2.06. The van der Waals surface area contributed by atoms with Crippen LogP contribution in [0.2, 0.25) is 0 Å². The number of fused-ring (bicyclic) bond motifs is 1. The number of rotatable bonds is 6. The Kier molecular flexibility index (Phi) is 7.10. The van der Waals surface area contributed by atoms with E-state index in [1.165, 1.54) is 17.7 Å². The maximum atomic E-state index is 13.2. The van der Waals surface area contributed by atoms with Crippen molar-refractivity contribution in [1.82, 2.24) is 4.90 Å². The van der Waals surface area contributed by atoms with Gasteiger partial charge in [0.2, 0.25) is 0 Å². The molecular formula is C24H24BrClN2O3S. The minimum absolute atomic E-state index is 0.0983. The molecule has 32 heavy (non-hydrogen) atoms. The van der Waals surface area contributed by atoms with Gasteiger partial charge in [-0.25, -0.2) is 0 Å². The van der Waals surface area contributed by atoms with Gasteiger partial charge in [0, 0.05) is 29.3 Å². The molecule has 0 unspecified atom stereocenters. The summed E-state index contributed by atoms with van der Waals surface area (Å²) in [4.78, 5) is 2.37. The lowest BCUT2D eigenvalue weighted by molar-refractivity contribution is 0.306. The van der Waals surface area contributed by atoms with Crippen molar-refractivity contribution in [3.05, 3.63) is 87.9 Å². The fourth-order valence-electron chi connectivity index (χ4n) is 3.65. The molecule has 4 rings (SSSR count). The zero-order chi connectivity index (χ0) is 22.7. The van der Waals surface area contributed by atoms with E-state index >= 15 is 0 Å². The minimum Gasteiger partial charge on any atom is -0.489 e. The van der Waals surface area contributed by atoms with Gasteiger partial charge < -0.3 is 9.64 Å². The number of anilines is 1. The van der Waals surface area contributed by atoms with E-state index in [4.69, 9.17) is 16.5 Å². The Morgan fingerprint density at radius 2 is 1.62 bits per heavy atom. The van der Waals surface area contributed by atoms with Crippen molar-refractivity contribution in [3.63, 3.8) is 0 Å². The second kappa shape index (κ2) is 9.83. The molecule has 0 aromatic heterocycles. The summed E-state index contributed by atoms with van der Waals surface area (Å²) in [6, 6.07) is 19.9. The first kappa shape index (κ1) is 23.1. The molecule has 3 aromatic carbocycles. The number of sulfonamides is 1. The molecule has 0 fully saturated rings. The van der Waals surface area contributed by atoms with E-state index in [9.17, 15) is 8.42 Å². The third-order valence-electron chi connectivity index (χ3n) is 5.57. The van der Waals surface area contributed by atoms with Crippen LogP contribution >= 0.6 is 27.7 Å². The number of likely N-dealkylation sites (N-methyl/N-ethyl adjacent to an activating group) is 1. The normalized spacial score (nSPS) is 14.5. The Bertz CT molecular complexity index is 1190. The van der Waals surface area contributed by atoms with Crippen LogP contribution in [0.15, 0.2) is 76.1 Å². The van der Waals surface area contributed by atoms with Gasteiger partial charge in [-0.2, -0.15) is 12.2 Å². The lowest BCUT2D eigenvalue weighted by Gasteiger charge is -2.20. The molecule has 0 atom stereocenters. The molecule has 0 bridgehead atoms. The van der Waals surface area contributed by atoms with Crippen LogP contribution in [0.1, 0.15) is 16.7 Å². The summed E-state index contributed by atoms with van der Waals surface area (Å²) in [5, 5.41) is 0. The summed E-state index contributed by atoms with van der Waals surface area (Å²) < 4.78 is 33.6. The molecule has 5 nitrogen and oxygen atoms in total. The van der Waals surface area contributed by atoms with Crippen molar-refractivity contribution in [2.24, 2.45) is 0 Å². The summed E-state index contributed by atoms with van der Waals surface area (Å²) in [6.07, 6.45) is 1.77. The van der Waals surface area contributed by atoms with Crippen LogP contribution in [0.25, 0.3) is 0 Å². The van der Waals surface area contributed by atoms with Crippen molar-refractivity contribution < 1.29 is 13.2 Å². The van der Waals surface area contributed by atoms with E-state index in [-0.39, 0.29) is 4.90 Å². The number of hydrogen-bond donors (Lipinski definition) is 0. The highest BCUT2D eigenvalue weighted by molar-refractivity contribution is 9.10. The smallest absolute Gasteiger partial charge is 0.278 e. The van der Waals surface area contributed by atoms with Gasteiger partial charge in [-0.3, -0.25) is 0 Å². The van der Waals surface area contributed by atoms with Gasteiger partial charge in [0.15, 0.2) is 0 Å². The van der Waals surface area contributed by atoms with Crippen molar-refractivity contribution in [3.8, 4) is 5.75 Å². The number of ether oxygens (including phenoxy) is 1. The largest absolute Gasteiger partial charge is 0.489 e. The monoisotopic (exact) mass is 534 g/mol. The first-order chi connectivity index (χ1) is 15.3. The van der Waals surface area contributed by atoms with Crippen LogP contribution in [0, 0.1) is 0 Å². The molecule has 0 radical (unpaired) electrons. The fourth-order valence-corrected chi connectivity index (χ4v) is 5.89. The average Bonchev–Trinajstić information content (AvgIpc) is 2.98. The maximum Gasteiger partial charge on any atom is 0.278 e. The zero-order valence-corrected chi connectivity index (χ0v) is 20.8. The first-order valence-electron chi connectivity index (χ1n) is 10.3. The third kappa shape index (κ3) is 5.12. The average molecular weight is 536 g/mol. The van der Waals surface area contributed by atoms with E-state index in [1.54, 1.807) is 12.1 Å². The van der Waals surface area contributed by atoms with Crippen LogP contribution in [-0.2, 0) is 29.5 Å². The van der Waals surface area contributed by atoms with Crippen LogP contribution in [0.4, 0.5) is 5.69 Å². The molecule has 1 aliphatic rings. The molecule has 0 saturated heterocycles. The molecule has 1 aliphatic heterocycles. The van der Waals surface area contributed by atoms with Gasteiger partial charge in [-0.05, 0) is 88.9 Å². The summed E-state index contributed by atoms with van der Waals surface area (Å²) >= 11 is 9.92. The van der Waals surface area contributed by atoms with Crippen LogP contribution in [0.3, 0.4) is 0 Å². The van der Waals surface area contributed by atoms with E-state index in [0.717, 1.165) is 40.9 Å². The number of benzene rings is 3. The van der Waals surface area contributed by atoms with E-state index in [2.05, 4.69) is 27.9 Å².